The van der Waals surface area contributed by atoms with Crippen LogP contribution in [0.5, 0.6) is 0 Å². The van der Waals surface area contributed by atoms with Gasteiger partial charge in [-0.1, -0.05) is 26.0 Å². The molecule has 0 aromatic heterocycles. The minimum Gasteiger partial charge on any atom is -0.342 e. The molecule has 0 aliphatic rings. The van der Waals surface area contributed by atoms with Crippen LogP contribution in [0.4, 0.5) is 0 Å². The van der Waals surface area contributed by atoms with Gasteiger partial charge < -0.3 is 4.90 Å². The lowest BCUT2D eigenvalue weighted by Gasteiger charge is -2.12. The maximum absolute atomic E-state index is 11.0. The highest BCUT2D eigenvalue weighted by Crippen LogP contribution is 1.90. The Hall–Kier alpha value is -0.790. The Morgan fingerprint density at radius 3 is 2.45 bits per heavy atom. The van der Waals surface area contributed by atoms with Gasteiger partial charge in [-0.15, -0.1) is 0 Å². The maximum Gasteiger partial charge on any atom is 0.222 e. The Kier molecular flexibility index (Phi) is 5.53. The molecule has 0 fully saturated rings. The Bertz CT molecular complexity index is 140. The number of nitrogens with zero attached hydrogens (tertiary/aromatic N) is 1. The molecule has 2 heteroatoms. The third-order valence-corrected chi connectivity index (χ3v) is 1.51. The Morgan fingerprint density at radius 1 is 1.36 bits per heavy atom. The standard InChI is InChI=1S/C9H17NO/c1-4-6-7-8-10(3)9(11)5-2/h6-7H,4-5,8H2,1-3H3/b7-6-. The van der Waals surface area contributed by atoms with Gasteiger partial charge in [0, 0.05) is 20.0 Å². The number of likely N-dealkylation sites (N-methyl/N-ethyl adjacent to an activating group) is 1. The quantitative estimate of drug-likeness (QED) is 0.567. The fourth-order valence-corrected chi connectivity index (χ4v) is 0.771. The first-order valence-electron chi connectivity index (χ1n) is 4.11. The van der Waals surface area contributed by atoms with Gasteiger partial charge >= 0.3 is 0 Å². The Morgan fingerprint density at radius 2 is 2.00 bits per heavy atom. The van der Waals surface area contributed by atoms with Crippen LogP contribution < -0.4 is 0 Å². The molecule has 0 spiro atoms. The summed E-state index contributed by atoms with van der Waals surface area (Å²) in [6.45, 7) is 4.70. The molecule has 11 heavy (non-hydrogen) atoms. The first-order valence-corrected chi connectivity index (χ1v) is 4.11. The van der Waals surface area contributed by atoms with Gasteiger partial charge in [-0.2, -0.15) is 0 Å². The molecule has 64 valence electrons. The zero-order chi connectivity index (χ0) is 8.69. The summed E-state index contributed by atoms with van der Waals surface area (Å²) in [5.41, 5.74) is 0. The van der Waals surface area contributed by atoms with Gasteiger partial charge in [-0.25, -0.2) is 0 Å². The lowest BCUT2D eigenvalue weighted by Crippen LogP contribution is -2.25. The van der Waals surface area contributed by atoms with E-state index in [1.807, 2.05) is 20.0 Å². The predicted molar refractivity (Wildman–Crippen MR) is 47.4 cm³/mol. The van der Waals surface area contributed by atoms with E-state index in [1.54, 1.807) is 4.90 Å². The van der Waals surface area contributed by atoms with Crippen LogP contribution in [-0.4, -0.2) is 24.4 Å². The van der Waals surface area contributed by atoms with Crippen molar-refractivity contribution in [3.05, 3.63) is 12.2 Å². The highest BCUT2D eigenvalue weighted by molar-refractivity contribution is 5.75. The van der Waals surface area contributed by atoms with E-state index in [4.69, 9.17) is 0 Å². The number of hydrogen-bond acceptors (Lipinski definition) is 1. The van der Waals surface area contributed by atoms with Crippen molar-refractivity contribution in [2.45, 2.75) is 26.7 Å². The van der Waals surface area contributed by atoms with E-state index < -0.39 is 0 Å². The molecule has 0 aromatic rings. The summed E-state index contributed by atoms with van der Waals surface area (Å²) < 4.78 is 0. The average Bonchev–Trinajstić information content (AvgIpc) is 2.03. The third kappa shape index (κ3) is 4.59. The number of carbonyl (C=O) groups is 1. The summed E-state index contributed by atoms with van der Waals surface area (Å²) in [5, 5.41) is 0. The average molecular weight is 155 g/mol. The minimum atomic E-state index is 0.200. The van der Waals surface area contributed by atoms with Crippen LogP contribution in [0.2, 0.25) is 0 Å². The molecule has 0 atom stereocenters. The highest BCUT2D eigenvalue weighted by atomic mass is 16.2. The summed E-state index contributed by atoms with van der Waals surface area (Å²) in [7, 11) is 1.83. The number of hydrogen-bond donors (Lipinski definition) is 0. The summed E-state index contributed by atoms with van der Waals surface area (Å²) in [6.07, 6.45) is 5.72. The summed E-state index contributed by atoms with van der Waals surface area (Å²) in [6, 6.07) is 0. The first kappa shape index (κ1) is 10.2. The van der Waals surface area contributed by atoms with Crippen LogP contribution in [-0.2, 0) is 4.79 Å². The van der Waals surface area contributed by atoms with Gasteiger partial charge in [0.25, 0.3) is 0 Å². The molecule has 0 aromatic carbocycles. The van der Waals surface area contributed by atoms with Crippen molar-refractivity contribution in [1.82, 2.24) is 4.90 Å². The zero-order valence-electron chi connectivity index (χ0n) is 7.63. The topological polar surface area (TPSA) is 20.3 Å². The van der Waals surface area contributed by atoms with Gasteiger partial charge in [-0.3, -0.25) is 4.79 Å². The molecule has 0 N–H and O–H groups in total. The normalized spacial score (nSPS) is 10.5. The van der Waals surface area contributed by atoms with Crippen LogP contribution in [0, 0.1) is 0 Å². The molecule has 2 nitrogen and oxygen atoms in total. The number of allylic oxidation sites excluding steroid dienone is 1. The van der Waals surface area contributed by atoms with Crippen molar-refractivity contribution >= 4 is 5.91 Å². The molecular weight excluding hydrogens is 138 g/mol. The Labute approximate surface area is 68.9 Å². The maximum atomic E-state index is 11.0. The largest absolute Gasteiger partial charge is 0.342 e. The van der Waals surface area contributed by atoms with Crippen LogP contribution in [0.15, 0.2) is 12.2 Å². The lowest BCUT2D eigenvalue weighted by atomic mass is 10.3. The monoisotopic (exact) mass is 155 g/mol. The first-order chi connectivity index (χ1) is 5.22. The van der Waals surface area contributed by atoms with E-state index in [0.717, 1.165) is 13.0 Å². The van der Waals surface area contributed by atoms with Crippen LogP contribution in [0.25, 0.3) is 0 Å². The molecule has 0 bridgehead atoms. The molecule has 1 amide bonds. The van der Waals surface area contributed by atoms with Gasteiger partial charge in [0.2, 0.25) is 5.91 Å². The molecule has 0 aliphatic carbocycles. The fourth-order valence-electron chi connectivity index (χ4n) is 0.771. The number of carbonyl (C=O) groups excluding carboxylic acids is 1. The van der Waals surface area contributed by atoms with E-state index in [1.165, 1.54) is 0 Å². The number of amides is 1. The predicted octanol–water partition coefficient (Wildman–Crippen LogP) is 1.82. The summed E-state index contributed by atoms with van der Waals surface area (Å²) >= 11 is 0. The number of rotatable bonds is 4. The smallest absolute Gasteiger partial charge is 0.222 e. The van der Waals surface area contributed by atoms with Crippen LogP contribution in [0.1, 0.15) is 26.7 Å². The summed E-state index contributed by atoms with van der Waals surface area (Å²) in [4.78, 5) is 12.7. The van der Waals surface area contributed by atoms with Gasteiger partial charge in [-0.05, 0) is 6.42 Å². The zero-order valence-corrected chi connectivity index (χ0v) is 7.63. The minimum absolute atomic E-state index is 0.200. The van der Waals surface area contributed by atoms with E-state index in [-0.39, 0.29) is 5.91 Å². The van der Waals surface area contributed by atoms with E-state index in [0.29, 0.717) is 6.42 Å². The van der Waals surface area contributed by atoms with Crippen molar-refractivity contribution in [3.63, 3.8) is 0 Å². The SMILES string of the molecule is CC/C=C\CN(C)C(=O)CC. The van der Waals surface area contributed by atoms with Crippen molar-refractivity contribution in [2.75, 3.05) is 13.6 Å². The molecule has 0 heterocycles. The van der Waals surface area contributed by atoms with E-state index in [2.05, 4.69) is 13.0 Å². The van der Waals surface area contributed by atoms with Gasteiger partial charge in [0.05, 0.1) is 0 Å². The van der Waals surface area contributed by atoms with Crippen molar-refractivity contribution in [2.24, 2.45) is 0 Å². The lowest BCUT2D eigenvalue weighted by molar-refractivity contribution is -0.129. The summed E-state index contributed by atoms with van der Waals surface area (Å²) in [5.74, 6) is 0.200. The van der Waals surface area contributed by atoms with Gasteiger partial charge in [0.1, 0.15) is 0 Å². The Balaban J connectivity index is 3.59. The molecule has 0 saturated heterocycles. The fraction of sp³-hybridized carbons (Fsp3) is 0.667. The molecular formula is C9H17NO. The molecule has 0 rings (SSSR count). The molecule has 0 saturated carbocycles. The van der Waals surface area contributed by atoms with E-state index >= 15 is 0 Å². The van der Waals surface area contributed by atoms with Crippen molar-refractivity contribution in [3.8, 4) is 0 Å². The second-order valence-electron chi connectivity index (χ2n) is 2.51. The van der Waals surface area contributed by atoms with Gasteiger partial charge in [0.15, 0.2) is 0 Å². The second-order valence-corrected chi connectivity index (χ2v) is 2.51. The van der Waals surface area contributed by atoms with E-state index in [9.17, 15) is 4.79 Å². The highest BCUT2D eigenvalue weighted by Gasteiger charge is 2.01. The van der Waals surface area contributed by atoms with Crippen LogP contribution >= 0.6 is 0 Å². The molecule has 0 radical (unpaired) electrons. The van der Waals surface area contributed by atoms with Crippen molar-refractivity contribution in [1.29, 1.82) is 0 Å². The van der Waals surface area contributed by atoms with Crippen molar-refractivity contribution < 1.29 is 4.79 Å². The third-order valence-electron chi connectivity index (χ3n) is 1.51. The molecule has 0 aliphatic heterocycles. The second kappa shape index (κ2) is 5.96. The molecule has 0 unspecified atom stereocenters. The van der Waals surface area contributed by atoms with Crippen LogP contribution in [0.3, 0.4) is 0 Å².